The van der Waals surface area contributed by atoms with Crippen molar-refractivity contribution in [1.29, 1.82) is 0 Å². The number of aryl methyl sites for hydroxylation is 2. The molecule has 0 bridgehead atoms. The van der Waals surface area contributed by atoms with Gasteiger partial charge in [-0.15, -0.1) is 0 Å². The largest absolute Gasteiger partial charge is 0.358 e. The second-order valence-electron chi connectivity index (χ2n) is 7.95. The van der Waals surface area contributed by atoms with E-state index in [2.05, 4.69) is 47.9 Å². The Labute approximate surface area is 187 Å². The Morgan fingerprint density at radius 1 is 1.00 bits per heavy atom. The fourth-order valence-electron chi connectivity index (χ4n) is 3.96. The lowest BCUT2D eigenvalue weighted by Crippen LogP contribution is -2.61. The van der Waals surface area contributed by atoms with Crippen LogP contribution in [-0.2, 0) is 17.0 Å². The van der Waals surface area contributed by atoms with Crippen LogP contribution < -0.4 is 0 Å². The van der Waals surface area contributed by atoms with E-state index < -0.39 is 6.04 Å². The van der Waals surface area contributed by atoms with Crippen molar-refractivity contribution in [2.45, 2.75) is 31.6 Å². The zero-order valence-electron chi connectivity index (χ0n) is 18.1. The monoisotopic (exact) mass is 435 g/mol. The van der Waals surface area contributed by atoms with Crippen molar-refractivity contribution in [2.75, 3.05) is 20.6 Å². The number of urea groups is 1. The highest BCUT2D eigenvalue weighted by atomic mass is 32.2. The zero-order chi connectivity index (χ0) is 22.0. The Morgan fingerprint density at radius 3 is 2.48 bits per heavy atom. The Hall–Kier alpha value is -2.93. The Kier molecular flexibility index (Phi) is 6.23. The summed E-state index contributed by atoms with van der Waals surface area (Å²) < 4.78 is 2.07. The van der Waals surface area contributed by atoms with E-state index in [1.54, 1.807) is 18.8 Å². The predicted molar refractivity (Wildman–Crippen MR) is 125 cm³/mol. The minimum absolute atomic E-state index is 0.215. The van der Waals surface area contributed by atoms with Gasteiger partial charge in [-0.25, -0.2) is 9.37 Å². The van der Waals surface area contributed by atoms with Gasteiger partial charge in [0.05, 0.1) is 6.54 Å². The highest BCUT2D eigenvalue weighted by Crippen LogP contribution is 2.25. The molecule has 0 spiro atoms. The van der Waals surface area contributed by atoms with Gasteiger partial charge in [-0.3, -0.25) is 14.6 Å². The summed E-state index contributed by atoms with van der Waals surface area (Å²) in [4.78, 5) is 32.9. The lowest BCUT2D eigenvalue weighted by Gasteiger charge is -2.30. The van der Waals surface area contributed by atoms with Crippen LogP contribution in [0.1, 0.15) is 23.1 Å². The van der Waals surface area contributed by atoms with Crippen LogP contribution in [0.15, 0.2) is 59.6 Å². The van der Waals surface area contributed by atoms with Crippen molar-refractivity contribution in [2.24, 2.45) is 4.99 Å². The number of carbonyl (C=O) groups excluding carboxylic acids is 2. The maximum atomic E-state index is 13.0. The topological polar surface area (TPSA) is 56.0 Å². The molecule has 2 aliphatic heterocycles. The number of thioether (sulfide) groups is 1. The number of hydrogen-bond acceptors (Lipinski definition) is 4. The summed E-state index contributed by atoms with van der Waals surface area (Å²) in [5, 5.41) is 0.804. The van der Waals surface area contributed by atoms with Gasteiger partial charge in [0.15, 0.2) is 0 Å². The first-order valence-corrected chi connectivity index (χ1v) is 11.4. The fraction of sp³-hybridized carbons (Fsp3) is 0.333. The number of hydrogen-bond donors (Lipinski definition) is 0. The standard InChI is InChI=1S/C24H27N4O2S/c1-17-9-7-12-19(15-17)16-31-23-25-21-20(22(29)27(3)24(30)26(21)2)28(23)14-8-13-18-10-5-4-6-11-18/h4-7,9-12,15,20H,8,13-14,16H2,1-3H3/q+1. The van der Waals surface area contributed by atoms with Gasteiger partial charge in [0, 0.05) is 19.8 Å². The molecule has 1 unspecified atom stereocenters. The Bertz CT molecular complexity index is 1060. The van der Waals surface area contributed by atoms with E-state index in [4.69, 9.17) is 4.99 Å². The first-order chi connectivity index (χ1) is 15.0. The molecule has 6 nitrogen and oxygen atoms in total. The summed E-state index contributed by atoms with van der Waals surface area (Å²) in [5.74, 6) is 1.07. The molecule has 7 heteroatoms. The lowest BCUT2D eigenvalue weighted by molar-refractivity contribution is -0.533. The van der Waals surface area contributed by atoms with Gasteiger partial charge in [0.25, 0.3) is 17.8 Å². The molecular formula is C24H27N4O2S+. The molecule has 2 aromatic carbocycles. The molecule has 1 saturated heterocycles. The van der Waals surface area contributed by atoms with Crippen LogP contribution in [0, 0.1) is 6.92 Å². The molecule has 2 aromatic rings. The predicted octanol–water partition coefficient (Wildman–Crippen LogP) is 3.53. The number of rotatable bonds is 6. The molecule has 0 aromatic heterocycles. The first-order valence-electron chi connectivity index (χ1n) is 10.5. The first kappa shape index (κ1) is 21.3. The highest BCUT2D eigenvalue weighted by Gasteiger charge is 2.52. The normalized spacial score (nSPS) is 18.5. The molecule has 1 fully saturated rings. The summed E-state index contributed by atoms with van der Waals surface area (Å²) >= 11 is 1.62. The summed E-state index contributed by atoms with van der Waals surface area (Å²) in [5.41, 5.74) is 3.71. The molecule has 160 valence electrons. The summed E-state index contributed by atoms with van der Waals surface area (Å²) in [6.07, 6.45) is 1.82. The quantitative estimate of drug-likeness (QED) is 0.653. The van der Waals surface area contributed by atoms with Gasteiger partial charge in [-0.05, 0) is 47.6 Å². The van der Waals surface area contributed by atoms with Crippen LogP contribution in [0.3, 0.4) is 0 Å². The molecule has 2 aliphatic rings. The average Bonchev–Trinajstić information content (AvgIpc) is 3.14. The Morgan fingerprint density at radius 2 is 1.74 bits per heavy atom. The molecule has 0 aliphatic carbocycles. The molecule has 31 heavy (non-hydrogen) atoms. The number of aliphatic imine (C=N–C) groups is 1. The molecule has 0 N–H and O–H groups in total. The van der Waals surface area contributed by atoms with Crippen LogP contribution in [0.4, 0.5) is 4.79 Å². The number of amides is 3. The fourth-order valence-corrected chi connectivity index (χ4v) is 4.96. The minimum atomic E-state index is -0.538. The third-order valence-corrected chi connectivity index (χ3v) is 6.71. The Balaban J connectivity index is 1.57. The van der Waals surface area contributed by atoms with Crippen molar-refractivity contribution in [3.05, 3.63) is 71.3 Å². The number of carbonyl (C=O) groups is 2. The van der Waals surface area contributed by atoms with E-state index in [0.29, 0.717) is 12.4 Å². The number of likely N-dealkylation sites (N-methyl/N-ethyl adjacent to an activating group) is 2. The molecule has 0 radical (unpaired) electrons. The van der Waals surface area contributed by atoms with Gasteiger partial charge in [-0.2, -0.15) is 0 Å². The van der Waals surface area contributed by atoms with Crippen LogP contribution in [0.25, 0.3) is 0 Å². The smallest absolute Gasteiger partial charge is 0.269 e. The van der Waals surface area contributed by atoms with E-state index in [1.807, 2.05) is 18.2 Å². The minimum Gasteiger partial charge on any atom is -0.269 e. The van der Waals surface area contributed by atoms with Gasteiger partial charge in [-0.1, -0.05) is 60.2 Å². The molecular weight excluding hydrogens is 408 g/mol. The third kappa shape index (κ3) is 4.42. The summed E-state index contributed by atoms with van der Waals surface area (Å²) in [7, 11) is 3.23. The van der Waals surface area contributed by atoms with Crippen molar-refractivity contribution in [3.63, 3.8) is 0 Å². The maximum absolute atomic E-state index is 13.0. The van der Waals surface area contributed by atoms with E-state index in [0.717, 1.165) is 23.8 Å². The van der Waals surface area contributed by atoms with E-state index in [9.17, 15) is 9.59 Å². The molecule has 3 amide bonds. The maximum Gasteiger partial charge on any atom is 0.358 e. The molecule has 4 rings (SSSR count). The summed E-state index contributed by atoms with van der Waals surface area (Å²) in [6.45, 7) is 2.78. The van der Waals surface area contributed by atoms with Gasteiger partial charge < -0.3 is 0 Å². The number of nitrogens with zero attached hydrogens (tertiary/aromatic N) is 4. The highest BCUT2D eigenvalue weighted by molar-refractivity contribution is 8.13. The summed E-state index contributed by atoms with van der Waals surface area (Å²) in [6, 6.07) is 17.9. The van der Waals surface area contributed by atoms with Crippen LogP contribution >= 0.6 is 11.8 Å². The lowest BCUT2D eigenvalue weighted by atomic mass is 10.1. The SMILES string of the molecule is Cc1cccc(CSC2=[N+](CCCc3ccccc3)C3C(=O)N(C)C(=O)N(C)C3=N2)c1. The van der Waals surface area contributed by atoms with Crippen molar-refractivity contribution in [1.82, 2.24) is 9.80 Å². The van der Waals surface area contributed by atoms with E-state index in [1.165, 1.54) is 33.5 Å². The third-order valence-electron chi connectivity index (χ3n) is 5.65. The average molecular weight is 436 g/mol. The van der Waals surface area contributed by atoms with Gasteiger partial charge in [0.1, 0.15) is 0 Å². The second-order valence-corrected chi connectivity index (χ2v) is 8.90. The van der Waals surface area contributed by atoms with E-state index >= 15 is 0 Å². The van der Waals surface area contributed by atoms with Gasteiger partial charge in [0.2, 0.25) is 0 Å². The van der Waals surface area contributed by atoms with E-state index in [-0.39, 0.29) is 11.9 Å². The number of fused-ring (bicyclic) bond motifs is 1. The molecule has 1 atom stereocenters. The van der Waals surface area contributed by atoms with Crippen LogP contribution in [0.2, 0.25) is 0 Å². The zero-order valence-corrected chi connectivity index (χ0v) is 18.9. The number of imide groups is 1. The second kappa shape index (κ2) is 9.06. The van der Waals surface area contributed by atoms with Crippen LogP contribution in [0.5, 0.6) is 0 Å². The van der Waals surface area contributed by atoms with Crippen molar-refractivity contribution in [3.8, 4) is 0 Å². The number of benzene rings is 2. The van der Waals surface area contributed by atoms with Crippen molar-refractivity contribution >= 4 is 34.7 Å². The van der Waals surface area contributed by atoms with Crippen molar-refractivity contribution < 1.29 is 14.2 Å². The van der Waals surface area contributed by atoms with Gasteiger partial charge >= 0.3 is 11.2 Å². The molecule has 0 saturated carbocycles. The van der Waals surface area contributed by atoms with Crippen LogP contribution in [-0.4, -0.2) is 64.0 Å². The molecule has 2 heterocycles. The number of amidine groups is 2.